The molecule has 4 rings (SSSR count). The summed E-state index contributed by atoms with van der Waals surface area (Å²) >= 11 is 0. The second-order valence-electron chi connectivity index (χ2n) is 7.88. The molecule has 2 aromatic carbocycles. The van der Waals surface area contributed by atoms with Crippen LogP contribution in [0.5, 0.6) is 5.75 Å². The van der Waals surface area contributed by atoms with Crippen LogP contribution in [0.4, 0.5) is 5.69 Å². The fourth-order valence-electron chi connectivity index (χ4n) is 4.18. The van der Waals surface area contributed by atoms with Crippen LogP contribution in [0.3, 0.4) is 0 Å². The van der Waals surface area contributed by atoms with Crippen molar-refractivity contribution in [1.29, 1.82) is 0 Å². The van der Waals surface area contributed by atoms with E-state index in [1.54, 1.807) is 36.4 Å². The van der Waals surface area contributed by atoms with Gasteiger partial charge in [0.05, 0.1) is 12.9 Å². The summed E-state index contributed by atoms with van der Waals surface area (Å²) in [5.41, 5.74) is 1.32. The van der Waals surface area contributed by atoms with Crippen LogP contribution in [-0.4, -0.2) is 24.5 Å². The number of benzene rings is 2. The van der Waals surface area contributed by atoms with Crippen molar-refractivity contribution in [2.75, 3.05) is 11.5 Å². The van der Waals surface area contributed by atoms with E-state index in [1.807, 2.05) is 37.3 Å². The monoisotopic (exact) mass is 432 g/mol. The van der Waals surface area contributed by atoms with Crippen molar-refractivity contribution in [1.82, 2.24) is 5.32 Å². The fraction of sp³-hybridized carbons (Fsp3) is 0.308. The molecule has 1 aromatic heterocycles. The summed E-state index contributed by atoms with van der Waals surface area (Å²) in [5.74, 6) is 0.299. The van der Waals surface area contributed by atoms with Crippen LogP contribution in [0.15, 0.2) is 77.4 Å². The molecule has 1 fully saturated rings. The van der Waals surface area contributed by atoms with Crippen molar-refractivity contribution in [3.8, 4) is 5.75 Å². The summed E-state index contributed by atoms with van der Waals surface area (Å²) in [7, 11) is 0. The Morgan fingerprint density at radius 3 is 2.38 bits per heavy atom. The molecule has 166 valence electrons. The molecule has 0 spiro atoms. The van der Waals surface area contributed by atoms with Gasteiger partial charge in [-0.15, -0.1) is 0 Å². The van der Waals surface area contributed by atoms with Gasteiger partial charge in [0.1, 0.15) is 11.8 Å². The number of carbonyl (C=O) groups is 2. The Labute approximate surface area is 188 Å². The third-order valence-electron chi connectivity index (χ3n) is 5.70. The highest BCUT2D eigenvalue weighted by molar-refractivity contribution is 6.08. The Kier molecular flexibility index (Phi) is 6.90. The van der Waals surface area contributed by atoms with Gasteiger partial charge in [-0.1, -0.05) is 43.2 Å². The largest absolute Gasteiger partial charge is 0.494 e. The molecule has 1 saturated carbocycles. The molecular weight excluding hydrogens is 404 g/mol. The van der Waals surface area contributed by atoms with Crippen molar-refractivity contribution in [3.05, 3.63) is 84.3 Å². The van der Waals surface area contributed by atoms with E-state index in [2.05, 4.69) is 5.32 Å². The van der Waals surface area contributed by atoms with Crippen LogP contribution in [0.1, 0.15) is 54.8 Å². The minimum atomic E-state index is -0.840. The number of furan rings is 1. The van der Waals surface area contributed by atoms with Gasteiger partial charge in [-0.25, -0.2) is 0 Å². The first-order valence-corrected chi connectivity index (χ1v) is 11.1. The van der Waals surface area contributed by atoms with Crippen LogP contribution < -0.4 is 15.0 Å². The molecule has 0 bridgehead atoms. The van der Waals surface area contributed by atoms with Crippen molar-refractivity contribution in [2.45, 2.75) is 44.7 Å². The second kappa shape index (κ2) is 10.2. The van der Waals surface area contributed by atoms with Gasteiger partial charge in [-0.3, -0.25) is 14.5 Å². The van der Waals surface area contributed by atoms with E-state index in [4.69, 9.17) is 9.15 Å². The van der Waals surface area contributed by atoms with E-state index >= 15 is 0 Å². The molecule has 32 heavy (non-hydrogen) atoms. The Morgan fingerprint density at radius 2 is 1.75 bits per heavy atom. The highest BCUT2D eigenvalue weighted by Gasteiger charge is 2.35. The smallest absolute Gasteiger partial charge is 0.294 e. The fourth-order valence-corrected chi connectivity index (χ4v) is 4.18. The molecule has 2 amide bonds. The maximum absolute atomic E-state index is 13.6. The lowest BCUT2D eigenvalue weighted by Gasteiger charge is -2.32. The molecule has 0 aliphatic heterocycles. The first-order valence-electron chi connectivity index (χ1n) is 11.1. The number of carbonyl (C=O) groups excluding carboxylic acids is 2. The van der Waals surface area contributed by atoms with Crippen molar-refractivity contribution in [2.24, 2.45) is 0 Å². The summed E-state index contributed by atoms with van der Waals surface area (Å²) in [4.78, 5) is 28.7. The number of hydrogen-bond donors (Lipinski definition) is 1. The zero-order valence-electron chi connectivity index (χ0n) is 18.2. The Morgan fingerprint density at radius 1 is 1.03 bits per heavy atom. The minimum Gasteiger partial charge on any atom is -0.494 e. The molecule has 0 saturated heterocycles. The SMILES string of the molecule is CCOc1ccc(N(C(=O)c2ccco2)C(C(=O)NC2CCCC2)c2ccccc2)cc1. The molecule has 1 atom stereocenters. The lowest BCUT2D eigenvalue weighted by atomic mass is 10.0. The zero-order chi connectivity index (χ0) is 22.3. The molecule has 1 aliphatic carbocycles. The van der Waals surface area contributed by atoms with E-state index in [0.717, 1.165) is 31.2 Å². The first kappa shape index (κ1) is 21.7. The standard InChI is InChI=1S/C26H28N2O4/c1-2-31-22-16-14-21(15-17-22)28(26(30)23-13-8-18-32-23)24(19-9-4-3-5-10-19)25(29)27-20-11-6-7-12-20/h3-5,8-10,13-18,20,24H,2,6-7,11-12H2,1H3,(H,27,29). The molecule has 0 radical (unpaired) electrons. The van der Waals surface area contributed by atoms with Gasteiger partial charge in [0.25, 0.3) is 5.91 Å². The summed E-state index contributed by atoms with van der Waals surface area (Å²) in [6, 6.07) is 19.2. The summed E-state index contributed by atoms with van der Waals surface area (Å²) in [6.07, 6.45) is 5.59. The van der Waals surface area contributed by atoms with Gasteiger partial charge < -0.3 is 14.5 Å². The normalized spacial score (nSPS) is 14.7. The molecule has 1 unspecified atom stereocenters. The molecule has 6 heteroatoms. The lowest BCUT2D eigenvalue weighted by molar-refractivity contribution is -0.123. The number of ether oxygens (including phenoxy) is 1. The summed E-state index contributed by atoms with van der Waals surface area (Å²) < 4.78 is 11.0. The predicted octanol–water partition coefficient (Wildman–Crippen LogP) is 5.13. The van der Waals surface area contributed by atoms with Gasteiger partial charge in [-0.05, 0) is 61.7 Å². The number of anilines is 1. The number of nitrogens with zero attached hydrogens (tertiary/aromatic N) is 1. The van der Waals surface area contributed by atoms with Crippen molar-refractivity contribution < 1.29 is 18.7 Å². The molecular formula is C26H28N2O4. The first-order chi connectivity index (χ1) is 15.7. The van der Waals surface area contributed by atoms with E-state index in [9.17, 15) is 9.59 Å². The van der Waals surface area contributed by atoms with Gasteiger partial charge in [0.2, 0.25) is 5.91 Å². The average molecular weight is 433 g/mol. The Balaban J connectivity index is 1.76. The summed E-state index contributed by atoms with van der Waals surface area (Å²) in [5, 5.41) is 3.17. The van der Waals surface area contributed by atoms with Gasteiger partial charge in [-0.2, -0.15) is 0 Å². The van der Waals surface area contributed by atoms with Crippen molar-refractivity contribution >= 4 is 17.5 Å². The zero-order valence-corrected chi connectivity index (χ0v) is 18.2. The highest BCUT2D eigenvalue weighted by atomic mass is 16.5. The maximum Gasteiger partial charge on any atom is 0.294 e. The molecule has 6 nitrogen and oxygen atoms in total. The number of nitrogens with one attached hydrogen (secondary N) is 1. The topological polar surface area (TPSA) is 71.8 Å². The van der Waals surface area contributed by atoms with E-state index in [1.165, 1.54) is 11.2 Å². The van der Waals surface area contributed by atoms with Crippen LogP contribution in [0.2, 0.25) is 0 Å². The van der Waals surface area contributed by atoms with Crippen molar-refractivity contribution in [3.63, 3.8) is 0 Å². The van der Waals surface area contributed by atoms with Crippen LogP contribution in [0.25, 0.3) is 0 Å². The number of hydrogen-bond acceptors (Lipinski definition) is 4. The average Bonchev–Trinajstić information content (AvgIpc) is 3.53. The van der Waals surface area contributed by atoms with E-state index in [0.29, 0.717) is 18.0 Å². The third-order valence-corrected chi connectivity index (χ3v) is 5.70. The van der Waals surface area contributed by atoms with E-state index in [-0.39, 0.29) is 23.6 Å². The predicted molar refractivity (Wildman–Crippen MR) is 123 cm³/mol. The summed E-state index contributed by atoms with van der Waals surface area (Å²) in [6.45, 7) is 2.46. The molecule has 1 heterocycles. The van der Waals surface area contributed by atoms with Crippen LogP contribution in [0, 0.1) is 0 Å². The molecule has 1 N–H and O–H groups in total. The number of amides is 2. The van der Waals surface area contributed by atoms with Gasteiger partial charge in [0, 0.05) is 11.7 Å². The van der Waals surface area contributed by atoms with E-state index < -0.39 is 6.04 Å². The molecule has 3 aromatic rings. The van der Waals surface area contributed by atoms with Crippen LogP contribution in [-0.2, 0) is 4.79 Å². The van der Waals surface area contributed by atoms with Crippen LogP contribution >= 0.6 is 0 Å². The second-order valence-corrected chi connectivity index (χ2v) is 7.88. The minimum absolute atomic E-state index is 0.134. The number of rotatable bonds is 8. The van der Waals surface area contributed by atoms with Gasteiger partial charge >= 0.3 is 0 Å². The molecule has 1 aliphatic rings. The Hall–Kier alpha value is -3.54. The quantitative estimate of drug-likeness (QED) is 0.536. The lowest BCUT2D eigenvalue weighted by Crippen LogP contribution is -2.46. The van der Waals surface area contributed by atoms with Gasteiger partial charge in [0.15, 0.2) is 5.76 Å². The highest BCUT2D eigenvalue weighted by Crippen LogP contribution is 2.32. The third kappa shape index (κ3) is 4.85. The Bertz CT molecular complexity index is 1010. The maximum atomic E-state index is 13.6.